The number of para-hydroxylation sites is 2. The molecule has 0 saturated heterocycles. The summed E-state index contributed by atoms with van der Waals surface area (Å²) in [5.41, 5.74) is 8.69. The van der Waals surface area contributed by atoms with Gasteiger partial charge >= 0.3 is 0 Å². The van der Waals surface area contributed by atoms with Gasteiger partial charge in [0.25, 0.3) is 0 Å². The minimum atomic E-state index is 0.432. The van der Waals surface area contributed by atoms with E-state index in [9.17, 15) is 0 Å². The van der Waals surface area contributed by atoms with Crippen molar-refractivity contribution in [2.45, 2.75) is 0 Å². The van der Waals surface area contributed by atoms with Gasteiger partial charge in [0.15, 0.2) is 0 Å². The first-order valence-electron chi connectivity index (χ1n) is 16.4. The number of hydrogen-bond donors (Lipinski definition) is 1. The number of aromatic nitrogens is 2. The van der Waals surface area contributed by atoms with Gasteiger partial charge in [-0.05, 0) is 63.7 Å². The van der Waals surface area contributed by atoms with Gasteiger partial charge in [0.05, 0.1) is 11.4 Å². The van der Waals surface area contributed by atoms with Gasteiger partial charge in [-0.1, -0.05) is 133 Å². The molecular weight excluding hydrogens is 597 g/mol. The molecule has 0 radical (unpaired) electrons. The molecule has 0 unspecified atom stereocenters. The van der Waals surface area contributed by atoms with Crippen molar-refractivity contribution in [1.29, 1.82) is 5.41 Å². The Morgan fingerprint density at radius 2 is 1.20 bits per heavy atom. The Morgan fingerprint density at radius 1 is 0.571 bits per heavy atom. The van der Waals surface area contributed by atoms with Crippen LogP contribution in [-0.4, -0.2) is 21.6 Å². The Bertz CT molecular complexity index is 2640. The van der Waals surface area contributed by atoms with Gasteiger partial charge in [0.1, 0.15) is 0 Å². The third kappa shape index (κ3) is 5.39. The van der Waals surface area contributed by atoms with Crippen LogP contribution >= 0.6 is 0 Å². The standard InChI is InChI=1S/C28H21N3.C17H13N/c1-30-27-19-31(23-10-3-2-4-11-23)18-26(27)28(29)22-16-14-21(15-17-22)25-13-7-9-20-8-5-6-12-24(20)25;1-18-15-9-5-4-8-14(15)17-13-7-3-2-6-12(13)10-11-16(17)18/h2-19,29H,1H2;2-11H,1H3. The van der Waals surface area contributed by atoms with E-state index in [-0.39, 0.29) is 0 Å². The lowest BCUT2D eigenvalue weighted by atomic mass is 9.96. The quantitative estimate of drug-likeness (QED) is 0.184. The van der Waals surface area contributed by atoms with Crippen LogP contribution in [0.2, 0.25) is 0 Å². The van der Waals surface area contributed by atoms with Crippen LogP contribution in [-0.2, 0) is 7.05 Å². The van der Waals surface area contributed by atoms with Crippen LogP contribution in [0.4, 0.5) is 5.69 Å². The number of nitrogens with zero attached hydrogens (tertiary/aromatic N) is 3. The highest BCUT2D eigenvalue weighted by Gasteiger charge is 2.14. The van der Waals surface area contributed by atoms with Gasteiger partial charge in [-0.2, -0.15) is 0 Å². The minimum absolute atomic E-state index is 0.432. The van der Waals surface area contributed by atoms with Gasteiger partial charge in [-0.3, -0.25) is 10.4 Å². The summed E-state index contributed by atoms with van der Waals surface area (Å²) in [5.74, 6) is 0. The zero-order valence-electron chi connectivity index (χ0n) is 27.2. The maximum absolute atomic E-state index is 8.80. The fourth-order valence-electron chi connectivity index (χ4n) is 6.89. The molecule has 0 aliphatic carbocycles. The first kappa shape index (κ1) is 29.9. The lowest BCUT2D eigenvalue weighted by Crippen LogP contribution is -2.00. The van der Waals surface area contributed by atoms with Crippen molar-refractivity contribution in [3.05, 3.63) is 181 Å². The zero-order chi connectivity index (χ0) is 33.3. The number of hydrogen-bond acceptors (Lipinski definition) is 2. The average Bonchev–Trinajstić information content (AvgIpc) is 3.74. The molecule has 4 heteroatoms. The molecule has 9 aromatic rings. The highest BCUT2D eigenvalue weighted by atomic mass is 15.0. The SMILES string of the molecule is C=Nc1cn(-c2ccccc2)cc1C(=N)c1ccc(-c2cccc3ccccc23)cc1.Cn1c2ccccc2c2c3ccccc3ccc21. The Labute approximate surface area is 285 Å². The summed E-state index contributed by atoms with van der Waals surface area (Å²) in [6.45, 7) is 3.70. The van der Waals surface area contributed by atoms with Crippen molar-refractivity contribution in [1.82, 2.24) is 9.13 Å². The summed E-state index contributed by atoms with van der Waals surface area (Å²) in [7, 11) is 2.14. The molecule has 0 spiro atoms. The summed E-state index contributed by atoms with van der Waals surface area (Å²) in [6, 6.07) is 54.6. The molecule has 1 N–H and O–H groups in total. The van der Waals surface area contributed by atoms with Crippen LogP contribution in [0.3, 0.4) is 0 Å². The van der Waals surface area contributed by atoms with Gasteiger partial charge in [0.2, 0.25) is 0 Å². The average molecular weight is 631 g/mol. The molecule has 0 bridgehead atoms. The van der Waals surface area contributed by atoms with Crippen molar-refractivity contribution in [2.24, 2.45) is 12.0 Å². The predicted octanol–water partition coefficient (Wildman–Crippen LogP) is 11.5. The number of rotatable bonds is 5. The first-order chi connectivity index (χ1) is 24.1. The van der Waals surface area contributed by atoms with E-state index >= 15 is 0 Å². The topological polar surface area (TPSA) is 46.1 Å². The van der Waals surface area contributed by atoms with E-state index in [1.54, 1.807) is 0 Å². The molecule has 234 valence electrons. The van der Waals surface area contributed by atoms with Crippen LogP contribution < -0.4 is 0 Å². The van der Waals surface area contributed by atoms with E-state index in [2.05, 4.69) is 139 Å². The molecule has 0 saturated carbocycles. The lowest BCUT2D eigenvalue weighted by molar-refractivity contribution is 1.01. The maximum Gasteiger partial charge on any atom is 0.0897 e. The van der Waals surface area contributed by atoms with Crippen molar-refractivity contribution in [3.8, 4) is 16.8 Å². The number of benzene rings is 7. The fourth-order valence-corrected chi connectivity index (χ4v) is 6.89. The molecule has 7 aromatic carbocycles. The minimum Gasteiger partial charge on any atom is -0.344 e. The lowest BCUT2D eigenvalue weighted by Gasteiger charge is -2.09. The van der Waals surface area contributed by atoms with Gasteiger partial charge in [-0.25, -0.2) is 0 Å². The third-order valence-corrected chi connectivity index (χ3v) is 9.38. The summed E-state index contributed by atoms with van der Waals surface area (Å²) < 4.78 is 4.26. The van der Waals surface area contributed by atoms with Crippen LogP contribution in [0.5, 0.6) is 0 Å². The van der Waals surface area contributed by atoms with E-state index < -0.39 is 0 Å². The largest absolute Gasteiger partial charge is 0.344 e. The number of aliphatic imine (C=N–C) groups is 1. The molecular formula is C45H34N4. The second-order valence-electron chi connectivity index (χ2n) is 12.2. The van der Waals surface area contributed by atoms with Gasteiger partial charge in [-0.15, -0.1) is 0 Å². The van der Waals surface area contributed by atoms with Crippen molar-refractivity contribution < 1.29 is 0 Å². The molecule has 0 aliphatic heterocycles. The maximum atomic E-state index is 8.80. The van der Waals surface area contributed by atoms with E-state index in [1.165, 1.54) is 48.9 Å². The molecule has 49 heavy (non-hydrogen) atoms. The summed E-state index contributed by atoms with van der Waals surface area (Å²) >= 11 is 0. The van der Waals surface area contributed by atoms with Gasteiger partial charge < -0.3 is 9.13 Å². The third-order valence-electron chi connectivity index (χ3n) is 9.38. The number of fused-ring (bicyclic) bond motifs is 6. The van der Waals surface area contributed by atoms with E-state index in [4.69, 9.17) is 5.41 Å². The summed E-state index contributed by atoms with van der Waals surface area (Å²) in [5, 5.41) is 16.6. The van der Waals surface area contributed by atoms with Crippen LogP contribution in [0.25, 0.3) is 60.2 Å². The molecule has 0 atom stereocenters. The fraction of sp³-hybridized carbons (Fsp3) is 0.0222. The van der Waals surface area contributed by atoms with E-state index in [0.717, 1.165) is 22.4 Å². The van der Waals surface area contributed by atoms with E-state index in [0.29, 0.717) is 11.4 Å². The molecule has 2 aromatic heterocycles. The molecule has 0 fully saturated rings. The zero-order valence-corrected chi connectivity index (χ0v) is 27.2. The summed E-state index contributed by atoms with van der Waals surface area (Å²) in [6.07, 6.45) is 3.86. The molecule has 9 rings (SSSR count). The highest BCUT2D eigenvalue weighted by molar-refractivity contribution is 6.20. The van der Waals surface area contributed by atoms with Crippen LogP contribution in [0, 0.1) is 5.41 Å². The van der Waals surface area contributed by atoms with Crippen molar-refractivity contribution >= 4 is 61.5 Å². The van der Waals surface area contributed by atoms with Crippen LogP contribution in [0.1, 0.15) is 11.1 Å². The van der Waals surface area contributed by atoms with Crippen molar-refractivity contribution in [2.75, 3.05) is 0 Å². The predicted molar refractivity (Wildman–Crippen MR) is 208 cm³/mol. The monoisotopic (exact) mass is 630 g/mol. The van der Waals surface area contributed by atoms with E-state index in [1.807, 2.05) is 59.4 Å². The second-order valence-corrected chi connectivity index (χ2v) is 12.2. The highest BCUT2D eigenvalue weighted by Crippen LogP contribution is 2.34. The Kier molecular flexibility index (Phi) is 7.67. The van der Waals surface area contributed by atoms with Crippen molar-refractivity contribution in [3.63, 3.8) is 0 Å². The smallest absolute Gasteiger partial charge is 0.0897 e. The Morgan fingerprint density at radius 3 is 1.96 bits per heavy atom. The first-order valence-corrected chi connectivity index (χ1v) is 16.4. The van der Waals surface area contributed by atoms with Crippen LogP contribution in [0.15, 0.2) is 175 Å². The molecule has 4 nitrogen and oxygen atoms in total. The Hall–Kier alpha value is -6.52. The Balaban J connectivity index is 0.000000163. The number of aryl methyl sites for hydroxylation is 1. The summed E-state index contributed by atoms with van der Waals surface area (Å²) in [4.78, 5) is 4.15. The van der Waals surface area contributed by atoms with Gasteiger partial charge in [0, 0.05) is 58.1 Å². The normalized spacial score (nSPS) is 11.1. The molecule has 2 heterocycles. The molecule has 0 amide bonds. The second kappa shape index (κ2) is 12.6. The number of nitrogens with one attached hydrogen (secondary N) is 1. The molecule has 0 aliphatic rings.